The van der Waals surface area contributed by atoms with Crippen molar-refractivity contribution in [3.8, 4) is 0 Å². The number of benzene rings is 1. The van der Waals surface area contributed by atoms with Gasteiger partial charge in [0.25, 0.3) is 5.69 Å². The Bertz CT molecular complexity index is 759. The van der Waals surface area contributed by atoms with Crippen molar-refractivity contribution in [1.82, 2.24) is 9.80 Å². The van der Waals surface area contributed by atoms with Crippen molar-refractivity contribution in [2.75, 3.05) is 68.7 Å². The molecule has 2 saturated heterocycles. The number of amides is 1. The Balaban J connectivity index is 1.77. The van der Waals surface area contributed by atoms with E-state index in [9.17, 15) is 19.3 Å². The lowest BCUT2D eigenvalue weighted by molar-refractivity contribution is -0.384. The fourth-order valence-electron chi connectivity index (χ4n) is 4.17. The number of unbranched alkanes of at least 4 members (excludes halogenated alkanes) is 1. The molecule has 3 rings (SSSR count). The van der Waals surface area contributed by atoms with Crippen LogP contribution in [0.25, 0.3) is 0 Å². The van der Waals surface area contributed by atoms with Crippen molar-refractivity contribution in [3.63, 3.8) is 0 Å². The number of likely N-dealkylation sites (N-methyl/N-ethyl adjacent to an activating group) is 1. The second kappa shape index (κ2) is 10.1. The lowest BCUT2D eigenvalue weighted by Gasteiger charge is -2.38. The SMILES string of the molecule is CCCCC(=O)N1CCN(c2cc(N3CCN(CC)CC3)c(F)cc2[N+](=O)[O-])CC1. The fourth-order valence-corrected chi connectivity index (χ4v) is 4.17. The second-order valence-electron chi connectivity index (χ2n) is 7.94. The minimum absolute atomic E-state index is 0.139. The summed E-state index contributed by atoms with van der Waals surface area (Å²) in [5.74, 6) is -0.414. The molecule has 0 radical (unpaired) electrons. The Morgan fingerprint density at radius 2 is 1.60 bits per heavy atom. The van der Waals surface area contributed by atoms with Gasteiger partial charge in [-0.3, -0.25) is 14.9 Å². The van der Waals surface area contributed by atoms with Gasteiger partial charge in [-0.15, -0.1) is 0 Å². The van der Waals surface area contributed by atoms with Gasteiger partial charge in [-0.05, 0) is 19.0 Å². The number of hydrogen-bond acceptors (Lipinski definition) is 6. The molecule has 2 aliphatic heterocycles. The third-order valence-electron chi connectivity index (χ3n) is 6.12. The zero-order valence-electron chi connectivity index (χ0n) is 18.0. The molecule has 30 heavy (non-hydrogen) atoms. The summed E-state index contributed by atoms with van der Waals surface area (Å²) in [5.41, 5.74) is 0.650. The Morgan fingerprint density at radius 3 is 2.17 bits per heavy atom. The van der Waals surface area contributed by atoms with Gasteiger partial charge in [0.05, 0.1) is 16.7 Å². The average Bonchev–Trinajstić information content (AvgIpc) is 2.77. The number of hydrogen-bond donors (Lipinski definition) is 0. The summed E-state index contributed by atoms with van der Waals surface area (Å²) in [6, 6.07) is 2.68. The topological polar surface area (TPSA) is 73.2 Å². The molecular formula is C21H32FN5O3. The summed E-state index contributed by atoms with van der Waals surface area (Å²) >= 11 is 0. The lowest BCUT2D eigenvalue weighted by Crippen LogP contribution is -2.49. The van der Waals surface area contributed by atoms with Gasteiger partial charge < -0.3 is 19.6 Å². The van der Waals surface area contributed by atoms with E-state index < -0.39 is 10.7 Å². The van der Waals surface area contributed by atoms with Crippen LogP contribution in [0.2, 0.25) is 0 Å². The van der Waals surface area contributed by atoms with Gasteiger partial charge in [-0.1, -0.05) is 20.3 Å². The molecule has 166 valence electrons. The Morgan fingerprint density at radius 1 is 1.00 bits per heavy atom. The molecule has 1 amide bonds. The zero-order chi connectivity index (χ0) is 21.7. The van der Waals surface area contributed by atoms with Crippen LogP contribution in [-0.4, -0.2) is 79.5 Å². The quantitative estimate of drug-likeness (QED) is 0.498. The monoisotopic (exact) mass is 421 g/mol. The summed E-state index contributed by atoms with van der Waals surface area (Å²) in [6.07, 6.45) is 2.39. The van der Waals surface area contributed by atoms with Crippen LogP contribution in [0.4, 0.5) is 21.5 Å². The maximum absolute atomic E-state index is 14.8. The van der Waals surface area contributed by atoms with Gasteiger partial charge in [-0.2, -0.15) is 0 Å². The Kier molecular flexibility index (Phi) is 7.47. The average molecular weight is 422 g/mol. The Hall–Kier alpha value is -2.42. The number of nitrogens with zero attached hydrogens (tertiary/aromatic N) is 5. The fraction of sp³-hybridized carbons (Fsp3) is 0.667. The number of nitro groups is 1. The molecule has 0 saturated carbocycles. The molecule has 0 N–H and O–H groups in total. The molecule has 0 bridgehead atoms. The number of halogens is 1. The minimum Gasteiger partial charge on any atom is -0.367 e. The molecule has 0 aliphatic carbocycles. The molecular weight excluding hydrogens is 389 g/mol. The van der Waals surface area contributed by atoms with Crippen molar-refractivity contribution in [2.45, 2.75) is 33.1 Å². The van der Waals surface area contributed by atoms with E-state index in [0.29, 0.717) is 57.1 Å². The normalized spacial score (nSPS) is 18.0. The molecule has 1 aromatic carbocycles. The molecule has 2 aliphatic rings. The van der Waals surface area contributed by atoms with Crippen molar-refractivity contribution in [1.29, 1.82) is 0 Å². The first-order valence-electron chi connectivity index (χ1n) is 10.9. The molecule has 1 aromatic rings. The van der Waals surface area contributed by atoms with E-state index in [4.69, 9.17) is 0 Å². The number of rotatable bonds is 7. The van der Waals surface area contributed by atoms with Gasteiger partial charge in [-0.25, -0.2) is 4.39 Å². The second-order valence-corrected chi connectivity index (χ2v) is 7.94. The predicted octanol–water partition coefficient (Wildman–Crippen LogP) is 2.71. The van der Waals surface area contributed by atoms with Crippen LogP contribution in [0.3, 0.4) is 0 Å². The molecule has 2 heterocycles. The highest BCUT2D eigenvalue weighted by Gasteiger charge is 2.29. The predicted molar refractivity (Wildman–Crippen MR) is 116 cm³/mol. The highest BCUT2D eigenvalue weighted by molar-refractivity contribution is 5.77. The number of piperazine rings is 2. The molecule has 0 spiro atoms. The van der Waals surface area contributed by atoms with E-state index in [1.807, 2.05) is 14.7 Å². The van der Waals surface area contributed by atoms with Crippen molar-refractivity contribution >= 4 is 23.0 Å². The summed E-state index contributed by atoms with van der Waals surface area (Å²) < 4.78 is 14.8. The van der Waals surface area contributed by atoms with Gasteiger partial charge in [0.15, 0.2) is 5.82 Å². The van der Waals surface area contributed by atoms with Crippen LogP contribution >= 0.6 is 0 Å². The van der Waals surface area contributed by atoms with E-state index in [1.54, 1.807) is 6.07 Å². The van der Waals surface area contributed by atoms with E-state index in [1.165, 1.54) is 0 Å². The van der Waals surface area contributed by atoms with Gasteiger partial charge in [0.1, 0.15) is 5.69 Å². The van der Waals surface area contributed by atoms with Crippen molar-refractivity contribution in [3.05, 3.63) is 28.1 Å². The number of anilines is 2. The van der Waals surface area contributed by atoms with E-state index >= 15 is 0 Å². The van der Waals surface area contributed by atoms with Crippen LogP contribution in [-0.2, 0) is 4.79 Å². The Labute approximate surface area is 177 Å². The number of nitro benzene ring substituents is 1. The first kappa shape index (κ1) is 22.3. The van der Waals surface area contributed by atoms with Gasteiger partial charge in [0.2, 0.25) is 5.91 Å². The number of carbonyl (C=O) groups is 1. The van der Waals surface area contributed by atoms with Crippen molar-refractivity contribution < 1.29 is 14.1 Å². The zero-order valence-corrected chi connectivity index (χ0v) is 18.0. The summed E-state index contributed by atoms with van der Waals surface area (Å²) in [4.78, 5) is 31.4. The summed E-state index contributed by atoms with van der Waals surface area (Å²) in [5, 5.41) is 11.6. The maximum Gasteiger partial charge on any atom is 0.295 e. The van der Waals surface area contributed by atoms with E-state index in [2.05, 4.69) is 18.7 Å². The molecule has 9 heteroatoms. The molecule has 0 atom stereocenters. The van der Waals surface area contributed by atoms with Crippen LogP contribution in [0.1, 0.15) is 33.1 Å². The van der Waals surface area contributed by atoms with Gasteiger partial charge in [0, 0.05) is 58.8 Å². The number of carbonyl (C=O) groups excluding carboxylic acids is 1. The standard InChI is InChI=1S/C21H32FN5O3/c1-3-5-6-21(28)26-13-11-25(12-14-26)19-16-18(17(22)15-20(19)27(29)30)24-9-7-23(4-2)8-10-24/h15-16H,3-14H2,1-2H3. The first-order chi connectivity index (χ1) is 14.4. The highest BCUT2D eigenvalue weighted by atomic mass is 19.1. The lowest BCUT2D eigenvalue weighted by atomic mass is 10.1. The maximum atomic E-state index is 14.8. The smallest absolute Gasteiger partial charge is 0.295 e. The minimum atomic E-state index is -0.552. The van der Waals surface area contributed by atoms with Crippen LogP contribution in [0.15, 0.2) is 12.1 Å². The third-order valence-corrected chi connectivity index (χ3v) is 6.12. The first-order valence-corrected chi connectivity index (χ1v) is 10.9. The molecule has 8 nitrogen and oxygen atoms in total. The molecule has 0 aromatic heterocycles. The summed E-state index contributed by atoms with van der Waals surface area (Å²) in [7, 11) is 0. The van der Waals surface area contributed by atoms with E-state index in [-0.39, 0.29) is 11.6 Å². The van der Waals surface area contributed by atoms with E-state index in [0.717, 1.165) is 38.5 Å². The highest BCUT2D eigenvalue weighted by Crippen LogP contribution is 2.36. The third kappa shape index (κ3) is 5.00. The van der Waals surface area contributed by atoms with Gasteiger partial charge >= 0.3 is 0 Å². The van der Waals surface area contributed by atoms with Crippen LogP contribution < -0.4 is 9.80 Å². The molecule has 2 fully saturated rings. The molecule has 0 unspecified atom stereocenters. The van der Waals surface area contributed by atoms with Crippen LogP contribution in [0.5, 0.6) is 0 Å². The van der Waals surface area contributed by atoms with Crippen molar-refractivity contribution in [2.24, 2.45) is 0 Å². The van der Waals surface area contributed by atoms with Crippen LogP contribution in [0, 0.1) is 15.9 Å². The largest absolute Gasteiger partial charge is 0.367 e. The summed E-state index contributed by atoms with van der Waals surface area (Å²) in [6.45, 7) is 10.3.